The van der Waals surface area contributed by atoms with E-state index in [9.17, 15) is 18.9 Å². The van der Waals surface area contributed by atoms with E-state index in [2.05, 4.69) is 4.98 Å². The van der Waals surface area contributed by atoms with Gasteiger partial charge in [-0.2, -0.15) is 8.78 Å². The van der Waals surface area contributed by atoms with Gasteiger partial charge in [-0.15, -0.1) is 0 Å². The summed E-state index contributed by atoms with van der Waals surface area (Å²) in [5.41, 5.74) is 0. The fourth-order valence-electron chi connectivity index (χ4n) is 0.527. The van der Waals surface area contributed by atoms with E-state index in [0.717, 1.165) is 0 Å². The van der Waals surface area contributed by atoms with Crippen LogP contribution < -0.4 is 0 Å². The number of nitro groups is 1. The van der Waals surface area contributed by atoms with Gasteiger partial charge in [-0.1, -0.05) is 0 Å². The van der Waals surface area contributed by atoms with Gasteiger partial charge >= 0.3 is 12.4 Å². The normalized spacial score (nSPS) is 10.5. The maximum absolute atomic E-state index is 11.7. The van der Waals surface area contributed by atoms with Gasteiger partial charge in [0.1, 0.15) is 6.20 Å². The number of halogens is 2. The molecule has 0 aliphatic carbocycles. The van der Waals surface area contributed by atoms with Gasteiger partial charge in [0.25, 0.3) is 0 Å². The summed E-state index contributed by atoms with van der Waals surface area (Å²) in [5, 5.41) is 9.92. The molecule has 1 aromatic heterocycles. The van der Waals surface area contributed by atoms with E-state index in [1.807, 2.05) is 0 Å². The summed E-state index contributed by atoms with van der Waals surface area (Å²) in [7, 11) is 0. The van der Waals surface area contributed by atoms with E-state index >= 15 is 0 Å². The SMILES string of the molecule is O=[N+]([O-])c1cn(C(F)F)cn1. The van der Waals surface area contributed by atoms with Crippen molar-refractivity contribution in [2.75, 3.05) is 0 Å². The molecule has 0 fully saturated rings. The Labute approximate surface area is 59.4 Å². The quantitative estimate of drug-likeness (QED) is 0.485. The van der Waals surface area contributed by atoms with E-state index in [4.69, 9.17) is 0 Å². The molecular formula is C4H3F2N3O2. The number of aromatic nitrogens is 2. The summed E-state index contributed by atoms with van der Waals surface area (Å²) < 4.78 is 23.8. The molecule has 0 aromatic carbocycles. The lowest BCUT2D eigenvalue weighted by molar-refractivity contribution is -0.389. The first-order valence-electron chi connectivity index (χ1n) is 2.57. The third kappa shape index (κ3) is 1.48. The average Bonchev–Trinajstić information content (AvgIpc) is 2.33. The summed E-state index contributed by atoms with van der Waals surface area (Å²) in [6.45, 7) is -2.78. The zero-order valence-corrected chi connectivity index (χ0v) is 5.15. The van der Waals surface area contributed by atoms with Crippen molar-refractivity contribution in [2.24, 2.45) is 0 Å². The smallest absolute Gasteiger partial charge is 0.358 e. The van der Waals surface area contributed by atoms with Crippen LogP contribution in [0.2, 0.25) is 0 Å². The topological polar surface area (TPSA) is 61.0 Å². The van der Waals surface area contributed by atoms with Crippen molar-refractivity contribution in [1.29, 1.82) is 0 Å². The highest BCUT2D eigenvalue weighted by Gasteiger charge is 2.14. The maximum atomic E-state index is 11.7. The molecule has 1 heterocycles. The standard InChI is InChI=1S/C4H3F2N3O2/c5-4(6)8-1-3(7-2-8)9(10)11/h1-2,4H. The predicted octanol–water partition coefficient (Wildman–Crippen LogP) is 1.19. The van der Waals surface area contributed by atoms with Crippen molar-refractivity contribution in [3.05, 3.63) is 22.6 Å². The Bertz CT molecular complexity index is 272. The van der Waals surface area contributed by atoms with Crippen LogP contribution in [-0.4, -0.2) is 14.5 Å². The van der Waals surface area contributed by atoms with Crippen molar-refractivity contribution in [2.45, 2.75) is 6.55 Å². The van der Waals surface area contributed by atoms with Crippen LogP contribution >= 0.6 is 0 Å². The lowest BCUT2D eigenvalue weighted by Crippen LogP contribution is -1.92. The second-order valence-corrected chi connectivity index (χ2v) is 1.71. The molecular weight excluding hydrogens is 160 g/mol. The highest BCUT2D eigenvalue weighted by atomic mass is 19.3. The lowest BCUT2D eigenvalue weighted by atomic mass is 10.8. The fourth-order valence-corrected chi connectivity index (χ4v) is 0.527. The van der Waals surface area contributed by atoms with E-state index < -0.39 is 17.3 Å². The molecule has 11 heavy (non-hydrogen) atoms. The second kappa shape index (κ2) is 2.60. The molecule has 0 saturated heterocycles. The Morgan fingerprint density at radius 3 is 2.64 bits per heavy atom. The van der Waals surface area contributed by atoms with Crippen molar-refractivity contribution in [1.82, 2.24) is 9.55 Å². The molecule has 0 atom stereocenters. The van der Waals surface area contributed by atoms with Gasteiger partial charge in [-0.25, -0.2) is 0 Å². The van der Waals surface area contributed by atoms with Gasteiger partial charge in [0, 0.05) is 0 Å². The summed E-state index contributed by atoms with van der Waals surface area (Å²) in [5.74, 6) is -0.578. The molecule has 5 nitrogen and oxygen atoms in total. The van der Waals surface area contributed by atoms with Gasteiger partial charge in [0.05, 0.1) is 0 Å². The van der Waals surface area contributed by atoms with Crippen LogP contribution in [-0.2, 0) is 0 Å². The molecule has 0 N–H and O–H groups in total. The first kappa shape index (κ1) is 7.58. The van der Waals surface area contributed by atoms with Crippen LogP contribution in [0, 0.1) is 10.1 Å². The first-order valence-corrected chi connectivity index (χ1v) is 2.57. The van der Waals surface area contributed by atoms with Crippen LogP contribution in [0.5, 0.6) is 0 Å². The molecule has 0 bridgehead atoms. The Morgan fingerprint density at radius 2 is 2.36 bits per heavy atom. The van der Waals surface area contributed by atoms with Crippen LogP contribution in [0.25, 0.3) is 0 Å². The number of nitrogens with zero attached hydrogens (tertiary/aromatic N) is 3. The van der Waals surface area contributed by atoms with Crippen LogP contribution in [0.15, 0.2) is 12.5 Å². The van der Waals surface area contributed by atoms with Crippen molar-refractivity contribution in [3.63, 3.8) is 0 Å². The molecule has 0 spiro atoms. The number of hydrogen-bond donors (Lipinski definition) is 0. The minimum atomic E-state index is -2.78. The Kier molecular flexibility index (Phi) is 1.79. The second-order valence-electron chi connectivity index (χ2n) is 1.71. The molecule has 0 saturated carbocycles. The lowest BCUT2D eigenvalue weighted by Gasteiger charge is -1.92. The number of hydrogen-bond acceptors (Lipinski definition) is 3. The van der Waals surface area contributed by atoms with Gasteiger partial charge in [0.15, 0.2) is 0 Å². The summed E-state index contributed by atoms with van der Waals surface area (Å²) in [6, 6.07) is 0. The Balaban J connectivity index is 2.90. The monoisotopic (exact) mass is 163 g/mol. The molecule has 7 heteroatoms. The zero-order valence-electron chi connectivity index (χ0n) is 5.15. The Hall–Kier alpha value is -1.53. The zero-order chi connectivity index (χ0) is 8.43. The van der Waals surface area contributed by atoms with E-state index in [-0.39, 0.29) is 0 Å². The van der Waals surface area contributed by atoms with E-state index in [0.29, 0.717) is 17.1 Å². The van der Waals surface area contributed by atoms with Crippen molar-refractivity contribution >= 4 is 5.82 Å². The Morgan fingerprint density at radius 1 is 1.73 bits per heavy atom. The minimum absolute atomic E-state index is 0.359. The molecule has 0 aliphatic heterocycles. The highest BCUT2D eigenvalue weighted by molar-refractivity contribution is 5.12. The van der Waals surface area contributed by atoms with Gasteiger partial charge < -0.3 is 10.1 Å². The van der Waals surface area contributed by atoms with Crippen LogP contribution in [0.1, 0.15) is 6.55 Å². The molecule has 0 unspecified atom stereocenters. The number of rotatable bonds is 2. The first-order chi connectivity index (χ1) is 5.11. The maximum Gasteiger partial charge on any atom is 0.381 e. The van der Waals surface area contributed by atoms with Crippen LogP contribution in [0.3, 0.4) is 0 Å². The average molecular weight is 163 g/mol. The number of alkyl halides is 2. The van der Waals surface area contributed by atoms with Gasteiger partial charge in [0.2, 0.25) is 6.33 Å². The fraction of sp³-hybridized carbons (Fsp3) is 0.250. The molecule has 1 aromatic rings. The van der Waals surface area contributed by atoms with E-state index in [1.165, 1.54) is 0 Å². The third-order valence-corrected chi connectivity index (χ3v) is 1.00. The summed E-state index contributed by atoms with van der Waals surface area (Å²) in [6.07, 6.45) is 1.38. The summed E-state index contributed by atoms with van der Waals surface area (Å²) in [4.78, 5) is 12.2. The van der Waals surface area contributed by atoms with Gasteiger partial charge in [-0.3, -0.25) is 4.57 Å². The van der Waals surface area contributed by atoms with Crippen molar-refractivity contribution < 1.29 is 13.7 Å². The van der Waals surface area contributed by atoms with E-state index in [1.54, 1.807) is 0 Å². The molecule has 0 radical (unpaired) electrons. The highest BCUT2D eigenvalue weighted by Crippen LogP contribution is 2.13. The molecule has 1 rings (SSSR count). The van der Waals surface area contributed by atoms with Crippen molar-refractivity contribution in [3.8, 4) is 0 Å². The summed E-state index contributed by atoms with van der Waals surface area (Å²) >= 11 is 0. The third-order valence-electron chi connectivity index (χ3n) is 1.00. The van der Waals surface area contributed by atoms with Crippen LogP contribution in [0.4, 0.5) is 14.6 Å². The number of imidazole rings is 1. The molecule has 60 valence electrons. The van der Waals surface area contributed by atoms with Gasteiger partial charge in [-0.05, 0) is 9.91 Å². The predicted molar refractivity (Wildman–Crippen MR) is 30.1 cm³/mol. The molecule has 0 aliphatic rings. The minimum Gasteiger partial charge on any atom is -0.358 e. The molecule has 0 amide bonds. The largest absolute Gasteiger partial charge is 0.381 e.